The lowest BCUT2D eigenvalue weighted by molar-refractivity contribution is -0.115. The number of rotatable bonds is 3. The Morgan fingerprint density at radius 1 is 1.00 bits per heavy atom. The van der Waals surface area contributed by atoms with Gasteiger partial charge in [-0.2, -0.15) is 5.10 Å². The molecule has 1 fully saturated rings. The van der Waals surface area contributed by atoms with Crippen LogP contribution in [0.5, 0.6) is 0 Å². The molecule has 1 N–H and O–H groups in total. The molecule has 0 saturated carbocycles. The van der Waals surface area contributed by atoms with Crippen LogP contribution >= 0.6 is 27.7 Å². The van der Waals surface area contributed by atoms with Gasteiger partial charge in [-0.25, -0.2) is 0 Å². The van der Waals surface area contributed by atoms with Crippen LogP contribution in [0.25, 0.3) is 6.08 Å². The van der Waals surface area contributed by atoms with Crippen LogP contribution in [0, 0.1) is 0 Å². The Balaban J connectivity index is 1.69. The fourth-order valence-corrected chi connectivity index (χ4v) is 2.92. The quantitative estimate of drug-likeness (QED) is 0.492. The minimum absolute atomic E-state index is 0.156. The first-order valence-corrected chi connectivity index (χ1v) is 8.44. The van der Waals surface area contributed by atoms with E-state index in [0.29, 0.717) is 10.1 Å². The number of nitrogens with zero attached hydrogens (tertiary/aromatic N) is 2. The number of thioether (sulfide) groups is 1. The molecule has 0 radical (unpaired) electrons. The van der Waals surface area contributed by atoms with E-state index in [4.69, 9.17) is 0 Å². The number of carbonyl (C=O) groups excluding carboxylic acids is 1. The summed E-state index contributed by atoms with van der Waals surface area (Å²) in [7, 11) is 0. The molecule has 2 aromatic carbocycles. The molecule has 0 aliphatic carbocycles. The van der Waals surface area contributed by atoms with Crippen LogP contribution in [0.4, 0.5) is 0 Å². The highest BCUT2D eigenvalue weighted by Gasteiger charge is 2.23. The summed E-state index contributed by atoms with van der Waals surface area (Å²) in [6.07, 6.45) is 3.48. The topological polar surface area (TPSA) is 53.8 Å². The van der Waals surface area contributed by atoms with Crippen molar-refractivity contribution in [2.45, 2.75) is 0 Å². The van der Waals surface area contributed by atoms with Gasteiger partial charge in [-0.05, 0) is 41.1 Å². The summed E-state index contributed by atoms with van der Waals surface area (Å²) in [5, 5.41) is 11.2. The fraction of sp³-hybridized carbons (Fsp3) is 0. The Hall–Kier alpha value is -2.18. The van der Waals surface area contributed by atoms with Crippen molar-refractivity contribution in [1.82, 2.24) is 5.32 Å². The van der Waals surface area contributed by atoms with Gasteiger partial charge in [0.05, 0.1) is 11.1 Å². The third-order valence-electron chi connectivity index (χ3n) is 2.97. The molecule has 1 heterocycles. The van der Waals surface area contributed by atoms with Crippen molar-refractivity contribution in [1.29, 1.82) is 0 Å². The summed E-state index contributed by atoms with van der Waals surface area (Å²) >= 11 is 4.66. The highest BCUT2D eigenvalue weighted by Crippen LogP contribution is 2.25. The van der Waals surface area contributed by atoms with Crippen molar-refractivity contribution in [2.24, 2.45) is 10.2 Å². The second-order valence-electron chi connectivity index (χ2n) is 4.68. The first-order chi connectivity index (χ1) is 11.2. The molecule has 1 amide bonds. The first-order valence-electron chi connectivity index (χ1n) is 6.83. The first kappa shape index (κ1) is 15.7. The van der Waals surface area contributed by atoms with E-state index >= 15 is 0 Å². The second-order valence-corrected chi connectivity index (χ2v) is 6.62. The average molecular weight is 386 g/mol. The van der Waals surface area contributed by atoms with Gasteiger partial charge in [0.15, 0.2) is 5.17 Å². The lowest BCUT2D eigenvalue weighted by Gasteiger charge is -1.93. The number of benzene rings is 2. The van der Waals surface area contributed by atoms with Crippen LogP contribution in [-0.2, 0) is 4.79 Å². The summed E-state index contributed by atoms with van der Waals surface area (Å²) in [5.41, 5.74) is 1.91. The predicted molar refractivity (Wildman–Crippen MR) is 99.3 cm³/mol. The summed E-state index contributed by atoms with van der Waals surface area (Å²) in [6.45, 7) is 0. The third-order valence-corrected chi connectivity index (χ3v) is 4.40. The lowest BCUT2D eigenvalue weighted by atomic mass is 10.2. The summed E-state index contributed by atoms with van der Waals surface area (Å²) in [6, 6.07) is 17.4. The van der Waals surface area contributed by atoms with Crippen molar-refractivity contribution in [3.05, 3.63) is 75.1 Å². The van der Waals surface area contributed by atoms with Crippen molar-refractivity contribution in [2.75, 3.05) is 0 Å². The Morgan fingerprint density at radius 2 is 1.74 bits per heavy atom. The molecule has 1 aliphatic heterocycles. The molecule has 0 aromatic heterocycles. The Kier molecular flexibility index (Phi) is 5.05. The largest absolute Gasteiger partial charge is 0.299 e. The molecule has 0 spiro atoms. The van der Waals surface area contributed by atoms with Crippen LogP contribution in [0.15, 0.2) is 74.2 Å². The standard InChI is InChI=1S/C17H12BrN3OS/c18-14-8-6-13(7-9-14)11-19-21-17-20-16(22)15(23-17)10-12-4-2-1-3-5-12/h1-11H,(H,20,21,22)/b15-10-,19-11-. The van der Waals surface area contributed by atoms with E-state index in [9.17, 15) is 4.79 Å². The average Bonchev–Trinajstić information content (AvgIpc) is 2.90. The van der Waals surface area contributed by atoms with Gasteiger partial charge in [-0.1, -0.05) is 58.4 Å². The number of amides is 1. The van der Waals surface area contributed by atoms with Gasteiger partial charge in [-0.15, -0.1) is 5.10 Å². The zero-order valence-electron chi connectivity index (χ0n) is 11.9. The summed E-state index contributed by atoms with van der Waals surface area (Å²) in [4.78, 5) is 12.5. The van der Waals surface area contributed by atoms with Crippen molar-refractivity contribution in [3.8, 4) is 0 Å². The number of hydrogen-bond donors (Lipinski definition) is 1. The Morgan fingerprint density at radius 3 is 2.48 bits per heavy atom. The minimum atomic E-state index is -0.156. The van der Waals surface area contributed by atoms with Crippen molar-refractivity contribution >= 4 is 51.1 Å². The molecule has 1 aliphatic rings. The molecule has 1 saturated heterocycles. The molecule has 0 atom stereocenters. The predicted octanol–water partition coefficient (Wildman–Crippen LogP) is 4.04. The van der Waals surface area contributed by atoms with Crippen LogP contribution in [0.1, 0.15) is 11.1 Å². The van der Waals surface area contributed by atoms with Gasteiger partial charge >= 0.3 is 0 Å². The number of amidine groups is 1. The maximum Gasteiger partial charge on any atom is 0.264 e. The normalized spacial score (nSPS) is 18.0. The van der Waals surface area contributed by atoms with Crippen molar-refractivity contribution in [3.63, 3.8) is 0 Å². The lowest BCUT2D eigenvalue weighted by Crippen LogP contribution is -2.19. The second kappa shape index (κ2) is 7.39. The summed E-state index contributed by atoms with van der Waals surface area (Å²) in [5.74, 6) is -0.156. The monoisotopic (exact) mass is 385 g/mol. The molecule has 4 nitrogen and oxygen atoms in total. The number of carbonyl (C=O) groups is 1. The van der Waals surface area contributed by atoms with E-state index in [1.165, 1.54) is 11.8 Å². The molecule has 0 bridgehead atoms. The van der Waals surface area contributed by atoms with Gasteiger partial charge < -0.3 is 0 Å². The highest BCUT2D eigenvalue weighted by atomic mass is 79.9. The molecule has 23 heavy (non-hydrogen) atoms. The molecule has 0 unspecified atom stereocenters. The zero-order valence-corrected chi connectivity index (χ0v) is 14.3. The van der Waals surface area contributed by atoms with E-state index in [0.717, 1.165) is 15.6 Å². The molecule has 2 aromatic rings. The van der Waals surface area contributed by atoms with E-state index < -0.39 is 0 Å². The molecular weight excluding hydrogens is 374 g/mol. The van der Waals surface area contributed by atoms with Crippen LogP contribution < -0.4 is 5.32 Å². The number of hydrogen-bond acceptors (Lipinski definition) is 4. The minimum Gasteiger partial charge on any atom is -0.299 e. The highest BCUT2D eigenvalue weighted by molar-refractivity contribution is 9.10. The van der Waals surface area contributed by atoms with Crippen LogP contribution in [0.2, 0.25) is 0 Å². The van der Waals surface area contributed by atoms with Crippen LogP contribution in [-0.4, -0.2) is 17.3 Å². The molecular formula is C17H12BrN3OS. The van der Waals surface area contributed by atoms with E-state index in [1.54, 1.807) is 6.21 Å². The van der Waals surface area contributed by atoms with E-state index in [1.807, 2.05) is 60.7 Å². The fourth-order valence-electron chi connectivity index (χ4n) is 1.87. The third kappa shape index (κ3) is 4.40. The zero-order chi connectivity index (χ0) is 16.1. The smallest absolute Gasteiger partial charge is 0.264 e. The number of halogens is 1. The molecule has 3 rings (SSSR count). The Bertz CT molecular complexity index is 798. The number of nitrogens with one attached hydrogen (secondary N) is 1. The van der Waals surface area contributed by atoms with Gasteiger partial charge in [0.25, 0.3) is 5.91 Å². The SMILES string of the molecule is O=C1NC(=N/N=C\c2ccc(Br)cc2)S/C1=C\c1ccccc1. The van der Waals surface area contributed by atoms with Crippen LogP contribution in [0.3, 0.4) is 0 Å². The maximum absolute atomic E-state index is 11.9. The summed E-state index contributed by atoms with van der Waals surface area (Å²) < 4.78 is 1.01. The van der Waals surface area contributed by atoms with Gasteiger partial charge in [0.2, 0.25) is 0 Å². The molecule has 6 heteroatoms. The van der Waals surface area contributed by atoms with Gasteiger partial charge in [-0.3, -0.25) is 10.1 Å². The van der Waals surface area contributed by atoms with Crippen molar-refractivity contribution < 1.29 is 4.79 Å². The Labute approximate surface area is 146 Å². The van der Waals surface area contributed by atoms with Gasteiger partial charge in [0, 0.05) is 4.47 Å². The van der Waals surface area contributed by atoms with Gasteiger partial charge in [0.1, 0.15) is 0 Å². The molecule has 114 valence electrons. The maximum atomic E-state index is 11.9. The van der Waals surface area contributed by atoms with E-state index in [-0.39, 0.29) is 5.91 Å². The van der Waals surface area contributed by atoms with E-state index in [2.05, 4.69) is 31.4 Å².